The van der Waals surface area contributed by atoms with E-state index in [1.165, 1.54) is 5.56 Å². The molecule has 1 amide bonds. The predicted molar refractivity (Wildman–Crippen MR) is 125 cm³/mol. The number of hydrogen-bond acceptors (Lipinski definition) is 4. The molecule has 0 N–H and O–H groups in total. The third kappa shape index (κ3) is 4.17. The number of aromatic nitrogens is 2. The van der Waals surface area contributed by atoms with Gasteiger partial charge in [-0.1, -0.05) is 39.7 Å². The summed E-state index contributed by atoms with van der Waals surface area (Å²) in [6, 6.07) is 10.5. The first-order valence-corrected chi connectivity index (χ1v) is 11.7. The number of unbranched alkanes of at least 4 members (excludes halogenated alkanes) is 2. The molecule has 30 heavy (non-hydrogen) atoms. The minimum atomic E-state index is -0.0511. The van der Waals surface area contributed by atoms with Crippen LogP contribution in [0.15, 0.2) is 48.1 Å². The average molecular weight is 420 g/mol. The van der Waals surface area contributed by atoms with Gasteiger partial charge in [0.25, 0.3) is 0 Å². The number of anilines is 1. The lowest BCUT2D eigenvalue weighted by Gasteiger charge is -2.28. The minimum Gasteiger partial charge on any atom is -0.312 e. The molecule has 156 valence electrons. The molecule has 4 nitrogen and oxygen atoms in total. The molecule has 1 aliphatic rings. The Hall–Kier alpha value is -2.53. The molecular weight excluding hydrogens is 390 g/mol. The molecule has 0 saturated carbocycles. The highest BCUT2D eigenvalue weighted by molar-refractivity contribution is 7.13. The van der Waals surface area contributed by atoms with Gasteiger partial charge in [-0.3, -0.25) is 9.78 Å². The van der Waals surface area contributed by atoms with Crippen LogP contribution in [0.1, 0.15) is 58.4 Å². The number of amides is 1. The number of thiazole rings is 1. The van der Waals surface area contributed by atoms with Gasteiger partial charge in [-0.05, 0) is 48.1 Å². The number of fused-ring (bicyclic) bond motifs is 1. The number of nitrogens with zero attached hydrogens (tertiary/aromatic N) is 3. The summed E-state index contributed by atoms with van der Waals surface area (Å²) in [5.74, 6) is 0.249. The van der Waals surface area contributed by atoms with Gasteiger partial charge in [0, 0.05) is 47.6 Å². The average Bonchev–Trinajstić information content (AvgIpc) is 3.23. The molecule has 0 saturated heterocycles. The van der Waals surface area contributed by atoms with Crippen LogP contribution in [0.3, 0.4) is 0 Å². The fourth-order valence-corrected chi connectivity index (χ4v) is 4.93. The molecule has 2 aromatic heterocycles. The Morgan fingerprint density at radius 2 is 1.90 bits per heavy atom. The fourth-order valence-electron chi connectivity index (χ4n) is 4.09. The maximum absolute atomic E-state index is 12.9. The van der Waals surface area contributed by atoms with Crippen molar-refractivity contribution >= 4 is 22.9 Å². The van der Waals surface area contributed by atoms with Gasteiger partial charge in [0.15, 0.2) is 0 Å². The minimum absolute atomic E-state index is 0.0511. The summed E-state index contributed by atoms with van der Waals surface area (Å²) >= 11 is 1.65. The Morgan fingerprint density at radius 3 is 2.67 bits per heavy atom. The lowest BCUT2D eigenvalue weighted by atomic mass is 9.79. The van der Waals surface area contributed by atoms with E-state index in [1.54, 1.807) is 23.7 Å². The lowest BCUT2D eigenvalue weighted by molar-refractivity contribution is -0.118. The van der Waals surface area contributed by atoms with Gasteiger partial charge in [-0.25, -0.2) is 4.98 Å². The van der Waals surface area contributed by atoms with Gasteiger partial charge in [-0.2, -0.15) is 0 Å². The summed E-state index contributed by atoms with van der Waals surface area (Å²) in [6.07, 6.45) is 8.42. The molecule has 3 aromatic rings. The zero-order valence-corrected chi connectivity index (χ0v) is 18.8. The van der Waals surface area contributed by atoms with Gasteiger partial charge in [0.05, 0.1) is 5.69 Å². The number of carbonyl (C=O) groups is 1. The molecule has 0 unspecified atom stereocenters. The van der Waals surface area contributed by atoms with Crippen molar-refractivity contribution in [2.24, 2.45) is 0 Å². The third-order valence-corrected chi connectivity index (χ3v) is 6.89. The molecule has 5 heteroatoms. The Kier molecular flexibility index (Phi) is 6.00. The maximum atomic E-state index is 12.9. The van der Waals surface area contributed by atoms with E-state index in [1.807, 2.05) is 17.0 Å². The largest absolute Gasteiger partial charge is 0.312 e. The van der Waals surface area contributed by atoms with Crippen molar-refractivity contribution in [1.29, 1.82) is 0 Å². The molecule has 1 aliphatic heterocycles. The maximum Gasteiger partial charge on any atom is 0.227 e. The summed E-state index contributed by atoms with van der Waals surface area (Å²) < 4.78 is 0. The van der Waals surface area contributed by atoms with Crippen molar-refractivity contribution in [2.75, 3.05) is 11.4 Å². The molecular formula is C25H29N3OS. The van der Waals surface area contributed by atoms with Gasteiger partial charge in [0.2, 0.25) is 5.91 Å². The van der Waals surface area contributed by atoms with Crippen LogP contribution in [-0.4, -0.2) is 22.4 Å². The van der Waals surface area contributed by atoms with Gasteiger partial charge in [-0.15, -0.1) is 11.3 Å². The first-order valence-electron chi connectivity index (χ1n) is 10.8. The second kappa shape index (κ2) is 8.68. The van der Waals surface area contributed by atoms with Crippen LogP contribution in [0.25, 0.3) is 21.8 Å². The Labute approximate surface area is 183 Å². The summed E-state index contributed by atoms with van der Waals surface area (Å²) in [7, 11) is 0. The predicted octanol–water partition coefficient (Wildman–Crippen LogP) is 6.47. The fraction of sp³-hybridized carbons (Fsp3) is 0.400. The number of benzene rings is 1. The number of pyridine rings is 1. The standard InChI is InChI=1S/C25H29N3OS/c1-4-5-6-15-28-22-8-7-19(16-20(22)25(2,3)12-9-23(28)29)21-17-30-24(27-21)18-10-13-26-14-11-18/h7-8,10-11,13-14,16-17H,4-6,9,12,15H2,1-3H3. The zero-order chi connectivity index (χ0) is 21.1. The highest BCUT2D eigenvalue weighted by Gasteiger charge is 2.33. The highest BCUT2D eigenvalue weighted by atomic mass is 32.1. The summed E-state index contributed by atoms with van der Waals surface area (Å²) in [6.45, 7) is 7.50. The van der Waals surface area contributed by atoms with Gasteiger partial charge in [0.1, 0.15) is 5.01 Å². The van der Waals surface area contributed by atoms with E-state index >= 15 is 0 Å². The monoisotopic (exact) mass is 419 g/mol. The second-order valence-electron chi connectivity index (χ2n) is 8.64. The molecule has 4 rings (SSSR count). The topological polar surface area (TPSA) is 46.1 Å². The van der Waals surface area contributed by atoms with Crippen molar-refractivity contribution in [2.45, 2.75) is 58.3 Å². The first kappa shape index (κ1) is 20.7. The molecule has 0 bridgehead atoms. The summed E-state index contributed by atoms with van der Waals surface area (Å²) in [5.41, 5.74) is 5.46. The lowest BCUT2D eigenvalue weighted by Crippen LogP contribution is -2.31. The van der Waals surface area contributed by atoms with Crippen LogP contribution in [0.5, 0.6) is 0 Å². The van der Waals surface area contributed by atoms with Crippen LogP contribution in [0.2, 0.25) is 0 Å². The number of rotatable bonds is 6. The Morgan fingerprint density at radius 1 is 1.10 bits per heavy atom. The molecule has 0 radical (unpaired) electrons. The van der Waals surface area contributed by atoms with E-state index in [0.29, 0.717) is 6.42 Å². The Bertz CT molecular complexity index is 1030. The van der Waals surface area contributed by atoms with E-state index in [4.69, 9.17) is 4.98 Å². The highest BCUT2D eigenvalue weighted by Crippen LogP contribution is 2.41. The van der Waals surface area contributed by atoms with Crippen LogP contribution in [0, 0.1) is 0 Å². The molecule has 0 spiro atoms. The molecule has 3 heterocycles. The SMILES string of the molecule is CCCCCN1C(=O)CCC(C)(C)c2cc(-c3csc(-c4ccncc4)n3)ccc21. The van der Waals surface area contributed by atoms with Crippen molar-refractivity contribution in [3.8, 4) is 21.8 Å². The Balaban J connectivity index is 1.71. The van der Waals surface area contributed by atoms with Crippen LogP contribution in [-0.2, 0) is 10.2 Å². The molecule has 0 fully saturated rings. The van der Waals surface area contributed by atoms with Crippen molar-refractivity contribution in [1.82, 2.24) is 9.97 Å². The van der Waals surface area contributed by atoms with Crippen LogP contribution in [0.4, 0.5) is 5.69 Å². The smallest absolute Gasteiger partial charge is 0.227 e. The van der Waals surface area contributed by atoms with E-state index in [0.717, 1.165) is 59.7 Å². The zero-order valence-electron chi connectivity index (χ0n) is 18.0. The normalized spacial score (nSPS) is 15.7. The van der Waals surface area contributed by atoms with Crippen molar-refractivity contribution < 1.29 is 4.79 Å². The molecule has 0 aliphatic carbocycles. The number of hydrogen-bond donors (Lipinski definition) is 0. The van der Waals surface area contributed by atoms with Crippen LogP contribution < -0.4 is 4.90 Å². The summed E-state index contributed by atoms with van der Waals surface area (Å²) in [5, 5.41) is 3.11. The quantitative estimate of drug-likeness (QED) is 0.430. The second-order valence-corrected chi connectivity index (χ2v) is 9.50. The van der Waals surface area contributed by atoms with E-state index in [-0.39, 0.29) is 11.3 Å². The third-order valence-electron chi connectivity index (χ3n) is 5.99. The molecule has 0 atom stereocenters. The summed E-state index contributed by atoms with van der Waals surface area (Å²) in [4.78, 5) is 23.9. The first-order chi connectivity index (χ1) is 14.5. The van der Waals surface area contributed by atoms with E-state index < -0.39 is 0 Å². The van der Waals surface area contributed by atoms with Gasteiger partial charge < -0.3 is 4.90 Å². The van der Waals surface area contributed by atoms with E-state index in [2.05, 4.69) is 49.3 Å². The van der Waals surface area contributed by atoms with Crippen molar-refractivity contribution in [3.63, 3.8) is 0 Å². The van der Waals surface area contributed by atoms with Gasteiger partial charge >= 0.3 is 0 Å². The molecule has 1 aromatic carbocycles. The van der Waals surface area contributed by atoms with Crippen LogP contribution >= 0.6 is 11.3 Å². The number of carbonyl (C=O) groups excluding carboxylic acids is 1. The van der Waals surface area contributed by atoms with E-state index in [9.17, 15) is 4.79 Å². The van der Waals surface area contributed by atoms with Crippen molar-refractivity contribution in [3.05, 3.63) is 53.7 Å².